The minimum atomic E-state index is -0.595. The van der Waals surface area contributed by atoms with Gasteiger partial charge in [-0.3, -0.25) is 14.9 Å². The molecule has 0 atom stereocenters. The highest BCUT2D eigenvalue weighted by atomic mass is 79.9. The third-order valence-electron chi connectivity index (χ3n) is 4.30. The van der Waals surface area contributed by atoms with E-state index in [9.17, 15) is 20.0 Å². The van der Waals surface area contributed by atoms with Crippen LogP contribution >= 0.6 is 15.9 Å². The van der Waals surface area contributed by atoms with Crippen molar-refractivity contribution in [1.29, 1.82) is 0 Å². The van der Waals surface area contributed by atoms with Crippen LogP contribution in [0.1, 0.15) is 21.5 Å². The van der Waals surface area contributed by atoms with E-state index in [2.05, 4.69) is 26.5 Å². The first-order chi connectivity index (χ1) is 15.4. The van der Waals surface area contributed by atoms with Crippen LogP contribution in [-0.4, -0.2) is 29.3 Å². The largest absolute Gasteiger partial charge is 0.507 e. The van der Waals surface area contributed by atoms with Gasteiger partial charge in [-0.2, -0.15) is 5.10 Å². The Morgan fingerprint density at radius 2 is 2.00 bits per heavy atom. The number of carbonyl (C=O) groups is 1. The second-order valence-corrected chi connectivity index (χ2v) is 7.40. The Balaban J connectivity index is 1.67. The summed E-state index contributed by atoms with van der Waals surface area (Å²) in [6, 6.07) is 15.8. The van der Waals surface area contributed by atoms with Crippen LogP contribution in [0, 0.1) is 10.1 Å². The van der Waals surface area contributed by atoms with Crippen LogP contribution in [0.4, 0.5) is 5.69 Å². The lowest BCUT2D eigenvalue weighted by Gasteiger charge is -2.12. The number of hydrazone groups is 1. The van der Waals surface area contributed by atoms with Gasteiger partial charge < -0.3 is 14.6 Å². The molecule has 0 bridgehead atoms. The zero-order valence-electron chi connectivity index (χ0n) is 16.8. The molecule has 0 spiro atoms. The molecule has 2 N–H and O–H groups in total. The van der Waals surface area contributed by atoms with Crippen molar-refractivity contribution in [2.75, 3.05) is 7.11 Å². The lowest BCUT2D eigenvalue weighted by atomic mass is 10.2. The fourth-order valence-electron chi connectivity index (χ4n) is 2.70. The number of hydrogen-bond acceptors (Lipinski definition) is 7. The number of nitrogens with zero attached hydrogens (tertiary/aromatic N) is 2. The standard InChI is InChI=1S/C22H18BrN3O6/c1-31-21-11-15(5-8-20(21)32-13-14-3-2-4-17(23)9-14)22(28)25-24-12-16-10-18(26(29)30)6-7-19(16)27/h2-12,27H,13H2,1H3,(H,25,28)/b24-12+. The highest BCUT2D eigenvalue weighted by Gasteiger charge is 2.12. The number of carbonyl (C=O) groups excluding carboxylic acids is 1. The van der Waals surface area contributed by atoms with Crippen LogP contribution in [0.3, 0.4) is 0 Å². The molecule has 3 aromatic rings. The Kier molecular flexibility index (Phi) is 7.40. The number of phenolic OH excluding ortho intramolecular Hbond substituents is 1. The maximum absolute atomic E-state index is 12.4. The molecule has 3 rings (SSSR count). The molecular weight excluding hydrogens is 482 g/mol. The summed E-state index contributed by atoms with van der Waals surface area (Å²) in [4.78, 5) is 22.6. The first-order valence-corrected chi connectivity index (χ1v) is 10.0. The van der Waals surface area contributed by atoms with E-state index < -0.39 is 10.8 Å². The molecule has 9 nitrogen and oxygen atoms in total. The van der Waals surface area contributed by atoms with Crippen molar-refractivity contribution >= 4 is 33.7 Å². The van der Waals surface area contributed by atoms with Gasteiger partial charge in [-0.1, -0.05) is 28.1 Å². The van der Waals surface area contributed by atoms with Crippen molar-refractivity contribution in [2.24, 2.45) is 5.10 Å². The van der Waals surface area contributed by atoms with Gasteiger partial charge in [0.1, 0.15) is 12.4 Å². The van der Waals surface area contributed by atoms with Gasteiger partial charge >= 0.3 is 0 Å². The Hall–Kier alpha value is -3.92. The average Bonchev–Trinajstić information content (AvgIpc) is 2.78. The Morgan fingerprint density at radius 3 is 2.72 bits per heavy atom. The van der Waals surface area contributed by atoms with Gasteiger partial charge in [-0.15, -0.1) is 0 Å². The van der Waals surface area contributed by atoms with E-state index in [1.54, 1.807) is 12.1 Å². The van der Waals surface area contributed by atoms with Gasteiger partial charge in [0, 0.05) is 27.7 Å². The summed E-state index contributed by atoms with van der Waals surface area (Å²) in [5.74, 6) is 0.0900. The van der Waals surface area contributed by atoms with Crippen molar-refractivity contribution in [3.05, 3.63) is 91.9 Å². The monoisotopic (exact) mass is 499 g/mol. The maximum atomic E-state index is 12.4. The second-order valence-electron chi connectivity index (χ2n) is 6.48. The number of nitro groups is 1. The highest BCUT2D eigenvalue weighted by molar-refractivity contribution is 9.10. The lowest BCUT2D eigenvalue weighted by molar-refractivity contribution is -0.384. The van der Waals surface area contributed by atoms with Gasteiger partial charge in [0.15, 0.2) is 11.5 Å². The lowest BCUT2D eigenvalue weighted by Crippen LogP contribution is -2.17. The summed E-state index contributed by atoms with van der Waals surface area (Å²) in [5.41, 5.74) is 3.41. The van der Waals surface area contributed by atoms with Crippen molar-refractivity contribution in [2.45, 2.75) is 6.61 Å². The number of benzene rings is 3. The van der Waals surface area contributed by atoms with Gasteiger partial charge in [0.25, 0.3) is 11.6 Å². The molecule has 10 heteroatoms. The van der Waals surface area contributed by atoms with E-state index in [-0.39, 0.29) is 22.6 Å². The molecule has 0 radical (unpaired) electrons. The van der Waals surface area contributed by atoms with E-state index in [0.29, 0.717) is 18.1 Å². The number of amides is 1. The topological polar surface area (TPSA) is 123 Å². The molecule has 0 fully saturated rings. The number of halogens is 1. The molecule has 0 aromatic heterocycles. The zero-order valence-corrected chi connectivity index (χ0v) is 18.4. The molecule has 32 heavy (non-hydrogen) atoms. The van der Waals surface area contributed by atoms with Crippen LogP contribution < -0.4 is 14.9 Å². The number of methoxy groups -OCH3 is 1. The molecule has 0 aliphatic heterocycles. The number of rotatable bonds is 8. The summed E-state index contributed by atoms with van der Waals surface area (Å²) in [5, 5.41) is 24.4. The molecular formula is C22H18BrN3O6. The smallest absolute Gasteiger partial charge is 0.271 e. The summed E-state index contributed by atoms with van der Waals surface area (Å²) < 4.78 is 12.1. The van der Waals surface area contributed by atoms with Crippen LogP contribution in [0.5, 0.6) is 17.2 Å². The second kappa shape index (κ2) is 10.4. The Bertz CT molecular complexity index is 1180. The van der Waals surface area contributed by atoms with Gasteiger partial charge in [-0.25, -0.2) is 5.43 Å². The number of hydrogen-bond donors (Lipinski definition) is 2. The van der Waals surface area contributed by atoms with Crippen LogP contribution in [0.25, 0.3) is 0 Å². The summed E-state index contributed by atoms with van der Waals surface area (Å²) in [7, 11) is 1.46. The van der Waals surface area contributed by atoms with E-state index in [0.717, 1.165) is 28.4 Å². The molecule has 1 amide bonds. The molecule has 0 saturated carbocycles. The Labute approximate surface area is 191 Å². The molecule has 0 heterocycles. The molecule has 3 aromatic carbocycles. The third kappa shape index (κ3) is 5.82. The summed E-state index contributed by atoms with van der Waals surface area (Å²) >= 11 is 3.41. The minimum absolute atomic E-state index is 0.0911. The number of aromatic hydroxyl groups is 1. The molecule has 164 valence electrons. The first kappa shape index (κ1) is 22.8. The number of nitrogens with one attached hydrogen (secondary N) is 1. The quantitative estimate of drug-likeness (QED) is 0.268. The van der Waals surface area contributed by atoms with E-state index in [1.165, 1.54) is 19.2 Å². The fraction of sp³-hybridized carbons (Fsp3) is 0.0909. The fourth-order valence-corrected chi connectivity index (χ4v) is 3.15. The van der Waals surface area contributed by atoms with Crippen molar-refractivity contribution in [3.8, 4) is 17.2 Å². The zero-order chi connectivity index (χ0) is 23.1. The Morgan fingerprint density at radius 1 is 1.19 bits per heavy atom. The van der Waals surface area contributed by atoms with Crippen molar-refractivity contribution in [1.82, 2.24) is 5.43 Å². The van der Waals surface area contributed by atoms with Crippen LogP contribution in [-0.2, 0) is 6.61 Å². The number of ether oxygens (including phenoxy) is 2. The number of nitro benzene ring substituents is 1. The normalized spacial score (nSPS) is 10.7. The first-order valence-electron chi connectivity index (χ1n) is 9.23. The van der Waals surface area contributed by atoms with Gasteiger partial charge in [0.2, 0.25) is 0 Å². The van der Waals surface area contributed by atoms with E-state index in [1.807, 2.05) is 24.3 Å². The van der Waals surface area contributed by atoms with E-state index >= 15 is 0 Å². The molecule has 0 unspecified atom stereocenters. The SMILES string of the molecule is COc1cc(C(=O)N/N=C/c2cc([N+](=O)[O-])ccc2O)ccc1OCc1cccc(Br)c1. The maximum Gasteiger partial charge on any atom is 0.271 e. The predicted octanol–water partition coefficient (Wildman–Crippen LogP) is 4.41. The van der Waals surface area contributed by atoms with E-state index in [4.69, 9.17) is 9.47 Å². The van der Waals surface area contributed by atoms with Crippen molar-refractivity contribution < 1.29 is 24.3 Å². The summed E-state index contributed by atoms with van der Waals surface area (Å²) in [6.45, 7) is 0.318. The van der Waals surface area contributed by atoms with Gasteiger partial charge in [0.05, 0.1) is 18.2 Å². The predicted molar refractivity (Wildman–Crippen MR) is 121 cm³/mol. The van der Waals surface area contributed by atoms with Crippen LogP contribution in [0.15, 0.2) is 70.2 Å². The van der Waals surface area contributed by atoms with Crippen LogP contribution in [0.2, 0.25) is 0 Å². The average molecular weight is 500 g/mol. The summed E-state index contributed by atoms with van der Waals surface area (Å²) in [6.07, 6.45) is 1.12. The van der Waals surface area contributed by atoms with Gasteiger partial charge in [-0.05, 0) is 42.0 Å². The molecule has 0 aliphatic carbocycles. The third-order valence-corrected chi connectivity index (χ3v) is 4.79. The molecule has 0 aliphatic rings. The number of non-ortho nitro benzene ring substituents is 1. The number of phenols is 1. The highest BCUT2D eigenvalue weighted by Crippen LogP contribution is 2.29. The molecule has 0 saturated heterocycles. The van der Waals surface area contributed by atoms with Crippen molar-refractivity contribution in [3.63, 3.8) is 0 Å². The minimum Gasteiger partial charge on any atom is -0.507 e.